The number of halogens is 2. The highest BCUT2D eigenvalue weighted by atomic mass is 19.1. The van der Waals surface area contributed by atoms with E-state index in [-0.39, 0.29) is 23.4 Å². The van der Waals surface area contributed by atoms with Crippen LogP contribution in [0.5, 0.6) is 0 Å². The number of rotatable bonds is 7. The van der Waals surface area contributed by atoms with Crippen molar-refractivity contribution < 1.29 is 18.4 Å². The second kappa shape index (κ2) is 10.1. The molecule has 1 unspecified atom stereocenters. The third kappa shape index (κ3) is 4.57. The van der Waals surface area contributed by atoms with E-state index in [1.807, 2.05) is 6.92 Å². The van der Waals surface area contributed by atoms with Crippen molar-refractivity contribution in [3.05, 3.63) is 76.5 Å². The summed E-state index contributed by atoms with van der Waals surface area (Å²) in [7, 11) is 0. The molecule has 1 aliphatic carbocycles. The van der Waals surface area contributed by atoms with Gasteiger partial charge in [-0.3, -0.25) is 14.5 Å². The lowest BCUT2D eigenvalue weighted by atomic mass is 9.75. The van der Waals surface area contributed by atoms with Crippen LogP contribution in [0.2, 0.25) is 0 Å². The molecule has 5 nitrogen and oxygen atoms in total. The minimum atomic E-state index is -0.632. The van der Waals surface area contributed by atoms with Gasteiger partial charge in [0.1, 0.15) is 17.4 Å². The average molecular weight is 494 g/mol. The van der Waals surface area contributed by atoms with Crippen LogP contribution in [0, 0.1) is 17.6 Å². The lowest BCUT2D eigenvalue weighted by molar-refractivity contribution is -0.131. The summed E-state index contributed by atoms with van der Waals surface area (Å²) in [6, 6.07) is 10.6. The second-order valence-electron chi connectivity index (χ2n) is 10.1. The summed E-state index contributed by atoms with van der Waals surface area (Å²) in [5, 5.41) is 3.04. The van der Waals surface area contributed by atoms with Crippen molar-refractivity contribution in [1.82, 2.24) is 15.1 Å². The third-order valence-corrected chi connectivity index (χ3v) is 8.15. The van der Waals surface area contributed by atoms with Gasteiger partial charge in [0, 0.05) is 42.7 Å². The molecule has 2 fully saturated rings. The highest BCUT2D eigenvalue weighted by molar-refractivity contribution is 6.21. The smallest absolute Gasteiger partial charge is 0.254 e. The van der Waals surface area contributed by atoms with Gasteiger partial charge in [-0.1, -0.05) is 31.2 Å². The molecule has 2 aromatic carbocycles. The zero-order valence-corrected chi connectivity index (χ0v) is 20.9. The van der Waals surface area contributed by atoms with Gasteiger partial charge < -0.3 is 10.2 Å². The summed E-state index contributed by atoms with van der Waals surface area (Å²) in [5.41, 5.74) is 2.88. The fourth-order valence-corrected chi connectivity index (χ4v) is 5.99. The Morgan fingerprint density at radius 3 is 2.67 bits per heavy atom. The molecular weight excluding hydrogens is 460 g/mol. The maximum absolute atomic E-state index is 15.0. The Morgan fingerprint density at radius 2 is 1.97 bits per heavy atom. The number of fused-ring (bicyclic) bond motifs is 1. The molecule has 5 rings (SSSR count). The van der Waals surface area contributed by atoms with Crippen molar-refractivity contribution in [3.8, 4) is 0 Å². The Kier molecular flexibility index (Phi) is 6.93. The summed E-state index contributed by atoms with van der Waals surface area (Å²) in [5.74, 6) is -1.43. The Hall–Kier alpha value is -3.06. The summed E-state index contributed by atoms with van der Waals surface area (Å²) in [4.78, 5) is 30.8. The van der Waals surface area contributed by atoms with Gasteiger partial charge in [-0.25, -0.2) is 8.78 Å². The van der Waals surface area contributed by atoms with Crippen LogP contribution in [-0.2, 0) is 16.1 Å². The highest BCUT2D eigenvalue weighted by Gasteiger charge is 2.39. The van der Waals surface area contributed by atoms with Crippen molar-refractivity contribution in [2.45, 2.75) is 58.2 Å². The Balaban J connectivity index is 1.50. The summed E-state index contributed by atoms with van der Waals surface area (Å²) >= 11 is 0. The van der Waals surface area contributed by atoms with E-state index in [9.17, 15) is 14.0 Å². The summed E-state index contributed by atoms with van der Waals surface area (Å²) in [6.45, 7) is 7.22. The van der Waals surface area contributed by atoms with Gasteiger partial charge in [-0.2, -0.15) is 0 Å². The number of allylic oxidation sites excluding steroid dienone is 1. The van der Waals surface area contributed by atoms with Crippen LogP contribution in [0.25, 0.3) is 5.57 Å². The van der Waals surface area contributed by atoms with Gasteiger partial charge in [0.05, 0.1) is 11.6 Å². The number of benzene rings is 2. The summed E-state index contributed by atoms with van der Waals surface area (Å²) < 4.78 is 29.1. The summed E-state index contributed by atoms with van der Waals surface area (Å²) in [6.07, 6.45) is 3.32. The molecule has 3 aliphatic rings. The SMILES string of the molecule is CCN1CCC[C@H]1CN1Cc2c(F)cccc2C(C(=O)N[C@H](c2cccc(F)c2)C2CCC2=O)=C1C. The molecule has 1 saturated carbocycles. The number of hydrogen-bond donors (Lipinski definition) is 1. The minimum Gasteiger partial charge on any atom is -0.368 e. The van der Waals surface area contributed by atoms with E-state index in [1.165, 1.54) is 18.2 Å². The monoisotopic (exact) mass is 493 g/mol. The molecule has 2 aliphatic heterocycles. The number of carbonyl (C=O) groups excluding carboxylic acids is 2. The van der Waals surface area contributed by atoms with Crippen LogP contribution in [0.15, 0.2) is 48.2 Å². The first-order valence-corrected chi connectivity index (χ1v) is 12.9. The van der Waals surface area contributed by atoms with Crippen LogP contribution < -0.4 is 5.32 Å². The third-order valence-electron chi connectivity index (χ3n) is 8.15. The van der Waals surface area contributed by atoms with Crippen molar-refractivity contribution >= 4 is 17.3 Å². The van der Waals surface area contributed by atoms with Crippen LogP contribution >= 0.6 is 0 Å². The normalized spacial score (nSPS) is 22.9. The van der Waals surface area contributed by atoms with E-state index >= 15 is 4.39 Å². The lowest BCUT2D eigenvalue weighted by Crippen LogP contribution is -2.44. The van der Waals surface area contributed by atoms with Gasteiger partial charge >= 0.3 is 0 Å². The number of nitrogens with zero attached hydrogens (tertiary/aromatic N) is 2. The lowest BCUT2D eigenvalue weighted by Gasteiger charge is -2.38. The number of ketones is 1. The van der Waals surface area contributed by atoms with Crippen molar-refractivity contribution in [1.29, 1.82) is 0 Å². The highest BCUT2D eigenvalue weighted by Crippen LogP contribution is 2.38. The topological polar surface area (TPSA) is 52.6 Å². The molecule has 2 heterocycles. The molecule has 0 spiro atoms. The first-order chi connectivity index (χ1) is 17.4. The molecule has 1 N–H and O–H groups in total. The fourth-order valence-electron chi connectivity index (χ4n) is 5.99. The fraction of sp³-hybridized carbons (Fsp3) is 0.448. The van der Waals surface area contributed by atoms with Crippen molar-refractivity contribution in [2.75, 3.05) is 19.6 Å². The molecular formula is C29H33F2N3O2. The van der Waals surface area contributed by atoms with Gasteiger partial charge in [-0.15, -0.1) is 0 Å². The Labute approximate surface area is 211 Å². The maximum atomic E-state index is 15.0. The zero-order chi connectivity index (χ0) is 25.4. The predicted octanol–water partition coefficient (Wildman–Crippen LogP) is 4.83. The standard InChI is InChI=1S/C29H33F2N3O2/c1-3-33-14-6-9-21(33)16-34-17-24-22(10-5-11-25(24)31)27(18(34)2)29(36)32-28(23-12-13-26(23)35)19-7-4-8-20(30)15-19/h4-5,7-8,10-11,15,21,23,28H,3,6,9,12-14,16-17H2,1-2H3,(H,32,36)/t21-,23?,28+/m0/s1. The van der Waals surface area contributed by atoms with E-state index in [0.717, 1.165) is 38.2 Å². The largest absolute Gasteiger partial charge is 0.368 e. The number of amides is 1. The molecule has 7 heteroatoms. The van der Waals surface area contributed by atoms with E-state index in [2.05, 4.69) is 22.0 Å². The number of nitrogens with one attached hydrogen (secondary N) is 1. The zero-order valence-electron chi connectivity index (χ0n) is 20.9. The Bertz CT molecular complexity index is 1210. The number of hydrogen-bond acceptors (Lipinski definition) is 4. The average Bonchev–Trinajstić information content (AvgIpc) is 3.30. The van der Waals surface area contributed by atoms with Crippen LogP contribution in [0.4, 0.5) is 8.78 Å². The Morgan fingerprint density at radius 1 is 1.17 bits per heavy atom. The van der Waals surface area contributed by atoms with Gasteiger partial charge in [0.25, 0.3) is 5.91 Å². The number of likely N-dealkylation sites (N-methyl/N-ethyl adjacent to an activating group) is 1. The molecule has 0 radical (unpaired) electrons. The van der Waals surface area contributed by atoms with Crippen molar-refractivity contribution in [2.24, 2.45) is 5.92 Å². The maximum Gasteiger partial charge on any atom is 0.254 e. The van der Waals surface area contributed by atoms with Gasteiger partial charge in [0.2, 0.25) is 0 Å². The van der Waals surface area contributed by atoms with Crippen LogP contribution in [0.3, 0.4) is 0 Å². The van der Waals surface area contributed by atoms with Crippen LogP contribution in [-0.4, -0.2) is 47.2 Å². The van der Waals surface area contributed by atoms with Crippen LogP contribution in [0.1, 0.15) is 62.3 Å². The molecule has 2 aromatic rings. The molecule has 0 aromatic heterocycles. The molecule has 190 valence electrons. The van der Waals surface area contributed by atoms with E-state index < -0.39 is 11.9 Å². The number of carbonyl (C=O) groups is 2. The molecule has 36 heavy (non-hydrogen) atoms. The first kappa shape index (κ1) is 24.6. The van der Waals surface area contributed by atoms with E-state index in [4.69, 9.17) is 0 Å². The molecule has 0 bridgehead atoms. The quantitative estimate of drug-likeness (QED) is 0.600. The first-order valence-electron chi connectivity index (χ1n) is 12.9. The number of Topliss-reactive ketones (excluding diaryl/α,β-unsaturated/α-hetero) is 1. The van der Waals surface area contributed by atoms with Crippen molar-refractivity contribution in [3.63, 3.8) is 0 Å². The van der Waals surface area contributed by atoms with Gasteiger partial charge in [0.15, 0.2) is 0 Å². The van der Waals surface area contributed by atoms with Gasteiger partial charge in [-0.05, 0) is 68.6 Å². The molecule has 3 atom stereocenters. The predicted molar refractivity (Wildman–Crippen MR) is 135 cm³/mol. The van der Waals surface area contributed by atoms with E-state index in [0.29, 0.717) is 47.7 Å². The molecule has 1 saturated heterocycles. The molecule has 1 amide bonds. The number of likely N-dealkylation sites (tertiary alicyclic amines) is 1. The van der Waals surface area contributed by atoms with E-state index in [1.54, 1.807) is 24.3 Å². The second-order valence-corrected chi connectivity index (χ2v) is 10.1. The minimum absolute atomic E-state index is 0.0628.